The molecule has 0 unspecified atom stereocenters. The smallest absolute Gasteiger partial charge is 0.354 e. The van der Waals surface area contributed by atoms with Gasteiger partial charge in [0.05, 0.1) is 23.1 Å². The van der Waals surface area contributed by atoms with E-state index in [4.69, 9.17) is 0 Å². The van der Waals surface area contributed by atoms with Gasteiger partial charge in [0, 0.05) is 28.8 Å². The number of amides is 1. The standard InChI is InChI=1S/C21H14BrF3N4O/c1-26-20(30)16-11-29-17(10-27-16)28-18(12-4-8-15(22)9-5-12)19(29)13-2-6-14(7-3-13)21(23,24)25/h2-11H,1H3,(H,26,30). The van der Waals surface area contributed by atoms with Crippen LogP contribution >= 0.6 is 15.9 Å². The van der Waals surface area contributed by atoms with E-state index in [-0.39, 0.29) is 11.6 Å². The molecule has 0 aliphatic heterocycles. The number of rotatable bonds is 3. The summed E-state index contributed by atoms with van der Waals surface area (Å²) >= 11 is 3.39. The molecule has 0 aliphatic carbocycles. The van der Waals surface area contributed by atoms with Gasteiger partial charge in [0.2, 0.25) is 0 Å². The van der Waals surface area contributed by atoms with Crippen LogP contribution < -0.4 is 5.32 Å². The Morgan fingerprint density at radius 3 is 2.27 bits per heavy atom. The lowest BCUT2D eigenvalue weighted by atomic mass is 10.0. The molecule has 152 valence electrons. The molecule has 0 saturated heterocycles. The largest absolute Gasteiger partial charge is 0.416 e. The van der Waals surface area contributed by atoms with Gasteiger partial charge in [-0.1, -0.05) is 40.2 Å². The number of carbonyl (C=O) groups excluding carboxylic acids is 1. The number of hydrogen-bond acceptors (Lipinski definition) is 3. The van der Waals surface area contributed by atoms with Crippen LogP contribution in [0.3, 0.4) is 0 Å². The summed E-state index contributed by atoms with van der Waals surface area (Å²) in [5, 5.41) is 2.51. The van der Waals surface area contributed by atoms with Gasteiger partial charge in [0.1, 0.15) is 5.69 Å². The van der Waals surface area contributed by atoms with Gasteiger partial charge in [-0.05, 0) is 24.3 Å². The molecule has 0 fully saturated rings. The highest BCUT2D eigenvalue weighted by Gasteiger charge is 2.30. The number of hydrogen-bond donors (Lipinski definition) is 1. The molecule has 0 radical (unpaired) electrons. The van der Waals surface area contributed by atoms with Crippen molar-refractivity contribution in [2.45, 2.75) is 6.18 Å². The first-order chi connectivity index (χ1) is 14.3. The van der Waals surface area contributed by atoms with Crippen molar-refractivity contribution in [3.05, 3.63) is 76.7 Å². The molecule has 1 amide bonds. The average Bonchev–Trinajstić information content (AvgIpc) is 3.11. The predicted octanol–water partition coefficient (Wildman–Crippen LogP) is 5.20. The van der Waals surface area contributed by atoms with Gasteiger partial charge in [-0.2, -0.15) is 13.2 Å². The number of aromatic nitrogens is 3. The van der Waals surface area contributed by atoms with Gasteiger partial charge in [-0.3, -0.25) is 9.20 Å². The van der Waals surface area contributed by atoms with Crippen LogP contribution in [0, 0.1) is 0 Å². The Balaban J connectivity index is 1.97. The second kappa shape index (κ2) is 7.56. The third-order valence-corrected chi connectivity index (χ3v) is 5.10. The van der Waals surface area contributed by atoms with E-state index in [0.717, 1.165) is 22.2 Å². The van der Waals surface area contributed by atoms with E-state index in [0.29, 0.717) is 22.6 Å². The molecule has 4 aromatic rings. The van der Waals surface area contributed by atoms with Crippen LogP contribution in [-0.4, -0.2) is 27.3 Å². The molecule has 5 nitrogen and oxygen atoms in total. The van der Waals surface area contributed by atoms with Gasteiger partial charge in [0.15, 0.2) is 5.65 Å². The number of carbonyl (C=O) groups is 1. The SMILES string of the molecule is CNC(=O)c1cn2c(-c3ccc(C(F)(F)F)cc3)c(-c3ccc(Br)cc3)nc2cn1. The van der Waals surface area contributed by atoms with Crippen LogP contribution in [0.4, 0.5) is 13.2 Å². The molecule has 0 saturated carbocycles. The van der Waals surface area contributed by atoms with Crippen LogP contribution in [0.2, 0.25) is 0 Å². The summed E-state index contributed by atoms with van der Waals surface area (Å²) < 4.78 is 41.6. The number of nitrogens with one attached hydrogen (secondary N) is 1. The van der Waals surface area contributed by atoms with E-state index in [9.17, 15) is 18.0 Å². The lowest BCUT2D eigenvalue weighted by Crippen LogP contribution is -2.19. The molecule has 0 aliphatic rings. The van der Waals surface area contributed by atoms with Crippen LogP contribution in [0.5, 0.6) is 0 Å². The van der Waals surface area contributed by atoms with Crippen molar-refractivity contribution in [3.63, 3.8) is 0 Å². The monoisotopic (exact) mass is 474 g/mol. The van der Waals surface area contributed by atoms with E-state index < -0.39 is 11.7 Å². The van der Waals surface area contributed by atoms with Gasteiger partial charge in [-0.25, -0.2) is 9.97 Å². The number of nitrogens with zero attached hydrogens (tertiary/aromatic N) is 3. The number of benzene rings is 2. The van der Waals surface area contributed by atoms with Crippen LogP contribution in [0.15, 0.2) is 65.4 Å². The summed E-state index contributed by atoms with van der Waals surface area (Å²) in [5.41, 5.74) is 2.33. The Bertz CT molecular complexity index is 1230. The second-order valence-electron chi connectivity index (χ2n) is 6.47. The van der Waals surface area contributed by atoms with E-state index in [1.54, 1.807) is 4.40 Å². The zero-order valence-corrected chi connectivity index (χ0v) is 17.1. The summed E-state index contributed by atoms with van der Waals surface area (Å²) in [6.07, 6.45) is -1.44. The quantitative estimate of drug-likeness (QED) is 0.443. The highest BCUT2D eigenvalue weighted by Crippen LogP contribution is 2.35. The molecule has 2 aromatic heterocycles. The van der Waals surface area contributed by atoms with Gasteiger partial charge < -0.3 is 5.32 Å². The van der Waals surface area contributed by atoms with Gasteiger partial charge in [-0.15, -0.1) is 0 Å². The van der Waals surface area contributed by atoms with Crippen molar-refractivity contribution < 1.29 is 18.0 Å². The topological polar surface area (TPSA) is 59.3 Å². The van der Waals surface area contributed by atoms with Crippen molar-refractivity contribution >= 4 is 27.5 Å². The summed E-state index contributed by atoms with van der Waals surface area (Å²) in [6.45, 7) is 0. The Morgan fingerprint density at radius 1 is 1.03 bits per heavy atom. The summed E-state index contributed by atoms with van der Waals surface area (Å²) in [6, 6.07) is 12.3. The van der Waals surface area contributed by atoms with Crippen molar-refractivity contribution in [2.75, 3.05) is 7.05 Å². The van der Waals surface area contributed by atoms with Gasteiger partial charge >= 0.3 is 6.18 Å². The molecule has 4 rings (SSSR count). The van der Waals surface area contributed by atoms with E-state index in [2.05, 4.69) is 31.2 Å². The fraction of sp³-hybridized carbons (Fsp3) is 0.0952. The lowest BCUT2D eigenvalue weighted by Gasteiger charge is -2.10. The minimum atomic E-state index is -4.43. The minimum absolute atomic E-state index is 0.165. The number of imidazole rings is 1. The third kappa shape index (κ3) is 3.68. The van der Waals surface area contributed by atoms with Crippen LogP contribution in [0.25, 0.3) is 28.2 Å². The molecule has 0 bridgehead atoms. The molecule has 0 atom stereocenters. The first-order valence-electron chi connectivity index (χ1n) is 8.81. The van der Waals surface area contributed by atoms with E-state index in [1.807, 2.05) is 24.3 Å². The second-order valence-corrected chi connectivity index (χ2v) is 7.39. The summed E-state index contributed by atoms with van der Waals surface area (Å²) in [4.78, 5) is 20.8. The Labute approximate surface area is 177 Å². The molecular formula is C21H14BrF3N4O. The Hall–Kier alpha value is -3.20. The van der Waals surface area contributed by atoms with Crippen molar-refractivity contribution in [2.24, 2.45) is 0 Å². The molecule has 9 heteroatoms. The molecule has 2 heterocycles. The zero-order chi connectivity index (χ0) is 21.5. The lowest BCUT2D eigenvalue weighted by molar-refractivity contribution is -0.137. The first kappa shape index (κ1) is 20.1. The van der Waals surface area contributed by atoms with E-state index >= 15 is 0 Å². The normalized spacial score (nSPS) is 11.6. The van der Waals surface area contributed by atoms with Crippen LogP contribution in [-0.2, 0) is 6.18 Å². The first-order valence-corrected chi connectivity index (χ1v) is 9.61. The van der Waals surface area contributed by atoms with Crippen molar-refractivity contribution in [3.8, 4) is 22.5 Å². The number of halogens is 4. The maximum Gasteiger partial charge on any atom is 0.416 e. The van der Waals surface area contributed by atoms with Crippen molar-refractivity contribution in [1.82, 2.24) is 19.7 Å². The van der Waals surface area contributed by atoms with Crippen LogP contribution in [0.1, 0.15) is 16.1 Å². The van der Waals surface area contributed by atoms with Gasteiger partial charge in [0.25, 0.3) is 5.91 Å². The van der Waals surface area contributed by atoms with Crippen molar-refractivity contribution in [1.29, 1.82) is 0 Å². The maximum atomic E-state index is 13.0. The summed E-state index contributed by atoms with van der Waals surface area (Å²) in [7, 11) is 1.49. The minimum Gasteiger partial charge on any atom is -0.354 e. The zero-order valence-electron chi connectivity index (χ0n) is 15.5. The molecule has 0 spiro atoms. The molecular weight excluding hydrogens is 461 g/mol. The Kier molecular flexibility index (Phi) is 5.07. The highest BCUT2D eigenvalue weighted by molar-refractivity contribution is 9.10. The number of fused-ring (bicyclic) bond motifs is 1. The molecule has 2 aromatic carbocycles. The molecule has 1 N–H and O–H groups in total. The highest BCUT2D eigenvalue weighted by atomic mass is 79.9. The molecule has 30 heavy (non-hydrogen) atoms. The summed E-state index contributed by atoms with van der Waals surface area (Å²) in [5.74, 6) is -0.380. The average molecular weight is 475 g/mol. The fourth-order valence-electron chi connectivity index (χ4n) is 3.10. The predicted molar refractivity (Wildman–Crippen MR) is 110 cm³/mol. The van der Waals surface area contributed by atoms with E-state index in [1.165, 1.54) is 31.6 Å². The third-order valence-electron chi connectivity index (χ3n) is 4.57. The number of alkyl halides is 3. The Morgan fingerprint density at radius 2 is 1.67 bits per heavy atom. The fourth-order valence-corrected chi connectivity index (χ4v) is 3.37. The maximum absolute atomic E-state index is 13.0.